The van der Waals surface area contributed by atoms with Crippen molar-refractivity contribution in [3.8, 4) is 0 Å². The zero-order valence-electron chi connectivity index (χ0n) is 22.6. The highest BCUT2D eigenvalue weighted by Gasteiger charge is 2.42. The Balaban J connectivity index is 1.53. The van der Waals surface area contributed by atoms with E-state index in [2.05, 4.69) is 16.5 Å². The molecular weight excluding hydrogens is 509 g/mol. The van der Waals surface area contributed by atoms with Gasteiger partial charge < -0.3 is 9.88 Å². The lowest BCUT2D eigenvalue weighted by molar-refractivity contribution is -0.0374. The maximum absolute atomic E-state index is 15.9. The lowest BCUT2D eigenvalue weighted by Crippen LogP contribution is -2.48. The summed E-state index contributed by atoms with van der Waals surface area (Å²) in [5.74, 6) is -4.26. The summed E-state index contributed by atoms with van der Waals surface area (Å²) in [5, 5.41) is 0.923. The van der Waals surface area contributed by atoms with E-state index in [9.17, 15) is 13.2 Å². The Bertz CT molecular complexity index is 1320. The van der Waals surface area contributed by atoms with Crippen molar-refractivity contribution in [2.45, 2.75) is 57.5 Å². The van der Waals surface area contributed by atoms with Gasteiger partial charge in [0.15, 0.2) is 0 Å². The Hall–Kier alpha value is -2.71. The number of aromatic amines is 1. The summed E-state index contributed by atoms with van der Waals surface area (Å²) in [5.41, 5.74) is 3.47. The fourth-order valence-corrected chi connectivity index (χ4v) is 6.50. The van der Waals surface area contributed by atoms with Crippen molar-refractivity contribution in [3.63, 3.8) is 0 Å². The van der Waals surface area contributed by atoms with Gasteiger partial charge in [0.05, 0.1) is 19.3 Å². The molecule has 2 unspecified atom stereocenters. The molecule has 39 heavy (non-hydrogen) atoms. The lowest BCUT2D eigenvalue weighted by atomic mass is 9.87. The normalized spacial score (nSPS) is 22.5. The van der Waals surface area contributed by atoms with Gasteiger partial charge in [0.25, 0.3) is 5.92 Å². The van der Waals surface area contributed by atoms with Crippen LogP contribution in [0.15, 0.2) is 36.9 Å². The molecule has 5 rings (SSSR count). The SMILES string of the molecule is C=Cc1ccc2c3c([nH]c2c1)C(c1c(F)cc(CC2CCN(CCCF)C2)cc1F)N(CC(C)(F)F)[C@H](C)C3. The number of benzene rings is 2. The van der Waals surface area contributed by atoms with Crippen LogP contribution >= 0.6 is 0 Å². The molecule has 1 N–H and O–H groups in total. The molecule has 0 saturated carbocycles. The number of hydrogen-bond donors (Lipinski definition) is 1. The third kappa shape index (κ3) is 5.78. The first-order chi connectivity index (χ1) is 18.6. The molecule has 8 heteroatoms. The van der Waals surface area contributed by atoms with Crippen LogP contribution in [0.25, 0.3) is 17.0 Å². The highest BCUT2D eigenvalue weighted by atomic mass is 19.3. The molecule has 2 aliphatic rings. The van der Waals surface area contributed by atoms with Crippen molar-refractivity contribution in [3.05, 3.63) is 76.5 Å². The Morgan fingerprint density at radius 3 is 2.56 bits per heavy atom. The first-order valence-electron chi connectivity index (χ1n) is 13.7. The van der Waals surface area contributed by atoms with E-state index in [0.717, 1.165) is 48.5 Å². The molecule has 210 valence electrons. The Morgan fingerprint density at radius 1 is 1.15 bits per heavy atom. The average Bonchev–Trinajstić information content (AvgIpc) is 3.46. The molecule has 0 radical (unpaired) electrons. The molecule has 2 aliphatic heterocycles. The van der Waals surface area contributed by atoms with Crippen LogP contribution in [-0.2, 0) is 12.8 Å². The summed E-state index contributed by atoms with van der Waals surface area (Å²) in [6, 6.07) is 7.13. The standard InChI is InChI=1S/C31H36F5N3/c1-4-20-6-7-23-24-12-19(2)39(18-31(3,35)36)30(29(24)37-27(23)16-20)28-25(33)14-22(15-26(28)34)13-21-8-11-38(17-21)10-5-9-32/h4,6-7,14-16,19,21,30,37H,1,5,8-13,17-18H2,2-3H3/t19-,21?,30?/m1/s1. The van der Waals surface area contributed by atoms with Crippen LogP contribution in [0, 0.1) is 17.6 Å². The van der Waals surface area contributed by atoms with Crippen LogP contribution in [0.3, 0.4) is 0 Å². The molecule has 0 amide bonds. The fourth-order valence-electron chi connectivity index (χ4n) is 6.50. The maximum atomic E-state index is 15.9. The van der Waals surface area contributed by atoms with Gasteiger partial charge in [-0.15, -0.1) is 0 Å². The molecule has 0 spiro atoms. The highest BCUT2D eigenvalue weighted by Crippen LogP contribution is 2.44. The second-order valence-corrected chi connectivity index (χ2v) is 11.4. The quantitative estimate of drug-likeness (QED) is 0.285. The third-order valence-corrected chi connectivity index (χ3v) is 8.24. The van der Waals surface area contributed by atoms with E-state index in [0.29, 0.717) is 37.1 Å². The van der Waals surface area contributed by atoms with E-state index in [-0.39, 0.29) is 24.2 Å². The van der Waals surface area contributed by atoms with Crippen molar-refractivity contribution in [1.29, 1.82) is 0 Å². The Labute approximate surface area is 226 Å². The van der Waals surface area contributed by atoms with Crippen molar-refractivity contribution in [2.75, 3.05) is 32.9 Å². The lowest BCUT2D eigenvalue weighted by Gasteiger charge is -2.42. The van der Waals surface area contributed by atoms with Gasteiger partial charge in [-0.05, 0) is 80.0 Å². The van der Waals surface area contributed by atoms with E-state index in [1.165, 1.54) is 17.0 Å². The molecular formula is C31H36F5N3. The minimum atomic E-state index is -3.05. The molecule has 1 fully saturated rings. The third-order valence-electron chi connectivity index (χ3n) is 8.24. The van der Waals surface area contributed by atoms with Gasteiger partial charge in [-0.2, -0.15) is 0 Å². The number of likely N-dealkylation sites (tertiary alicyclic amines) is 1. The van der Waals surface area contributed by atoms with Gasteiger partial charge in [0, 0.05) is 48.2 Å². The Morgan fingerprint density at radius 2 is 1.90 bits per heavy atom. The summed E-state index contributed by atoms with van der Waals surface area (Å²) in [6.45, 7) is 7.81. The van der Waals surface area contributed by atoms with E-state index >= 15 is 8.78 Å². The summed E-state index contributed by atoms with van der Waals surface area (Å²) in [7, 11) is 0. The van der Waals surface area contributed by atoms with Crippen LogP contribution < -0.4 is 0 Å². The van der Waals surface area contributed by atoms with Crippen molar-refractivity contribution >= 4 is 17.0 Å². The topological polar surface area (TPSA) is 22.3 Å². The number of alkyl halides is 3. The Kier molecular flexibility index (Phi) is 7.89. The number of fused-ring (bicyclic) bond motifs is 3. The monoisotopic (exact) mass is 545 g/mol. The maximum Gasteiger partial charge on any atom is 0.257 e. The summed E-state index contributed by atoms with van der Waals surface area (Å²) in [6.07, 6.45) is 4.09. The van der Waals surface area contributed by atoms with E-state index in [1.54, 1.807) is 6.08 Å². The fraction of sp³-hybridized carbons (Fsp3) is 0.484. The van der Waals surface area contributed by atoms with Gasteiger partial charge in [-0.25, -0.2) is 17.6 Å². The number of hydrogen-bond acceptors (Lipinski definition) is 2. The molecule has 3 aromatic rings. The van der Waals surface area contributed by atoms with Gasteiger partial charge in [-0.3, -0.25) is 9.29 Å². The van der Waals surface area contributed by atoms with Crippen LogP contribution in [0.4, 0.5) is 22.0 Å². The largest absolute Gasteiger partial charge is 0.357 e. The van der Waals surface area contributed by atoms with E-state index in [1.807, 2.05) is 25.1 Å². The molecule has 3 nitrogen and oxygen atoms in total. The van der Waals surface area contributed by atoms with Crippen LogP contribution in [0.1, 0.15) is 60.7 Å². The van der Waals surface area contributed by atoms with Crippen LogP contribution in [0.5, 0.6) is 0 Å². The molecule has 3 heterocycles. The second kappa shape index (κ2) is 11.0. The zero-order chi connectivity index (χ0) is 27.9. The zero-order valence-corrected chi connectivity index (χ0v) is 22.6. The predicted molar refractivity (Wildman–Crippen MR) is 146 cm³/mol. The predicted octanol–water partition coefficient (Wildman–Crippen LogP) is 7.30. The summed E-state index contributed by atoms with van der Waals surface area (Å²) < 4.78 is 73.1. The first kappa shape index (κ1) is 27.8. The van der Waals surface area contributed by atoms with E-state index < -0.39 is 30.1 Å². The second-order valence-electron chi connectivity index (χ2n) is 11.4. The number of nitrogens with zero attached hydrogens (tertiary/aromatic N) is 2. The van der Waals surface area contributed by atoms with Gasteiger partial charge in [0.1, 0.15) is 11.6 Å². The highest BCUT2D eigenvalue weighted by molar-refractivity contribution is 5.87. The van der Waals surface area contributed by atoms with Crippen molar-refractivity contribution < 1.29 is 22.0 Å². The molecule has 3 atom stereocenters. The van der Waals surface area contributed by atoms with E-state index in [4.69, 9.17) is 0 Å². The minimum absolute atomic E-state index is 0.206. The van der Waals surface area contributed by atoms with Gasteiger partial charge in [-0.1, -0.05) is 24.8 Å². The molecule has 1 aromatic heterocycles. The van der Waals surface area contributed by atoms with Crippen LogP contribution in [-0.4, -0.2) is 59.6 Å². The molecule has 2 aromatic carbocycles. The smallest absolute Gasteiger partial charge is 0.257 e. The first-order valence-corrected chi connectivity index (χ1v) is 13.7. The summed E-state index contributed by atoms with van der Waals surface area (Å²) >= 11 is 0. The van der Waals surface area contributed by atoms with Gasteiger partial charge in [0.2, 0.25) is 0 Å². The molecule has 1 saturated heterocycles. The van der Waals surface area contributed by atoms with Crippen molar-refractivity contribution in [1.82, 2.24) is 14.8 Å². The van der Waals surface area contributed by atoms with Gasteiger partial charge >= 0.3 is 0 Å². The minimum Gasteiger partial charge on any atom is -0.357 e. The summed E-state index contributed by atoms with van der Waals surface area (Å²) in [4.78, 5) is 7.03. The number of H-pyrrole nitrogens is 1. The number of aromatic nitrogens is 1. The van der Waals surface area contributed by atoms with Crippen LogP contribution in [0.2, 0.25) is 0 Å². The van der Waals surface area contributed by atoms with Crippen molar-refractivity contribution in [2.24, 2.45) is 5.92 Å². The molecule has 0 bridgehead atoms. The number of halogens is 5. The number of rotatable bonds is 9. The molecule has 0 aliphatic carbocycles. The average molecular weight is 546 g/mol. The number of nitrogens with one attached hydrogen (secondary N) is 1.